The number of benzene rings is 1. The second-order valence-corrected chi connectivity index (χ2v) is 7.50. The fourth-order valence-electron chi connectivity index (χ4n) is 3.06. The van der Waals surface area contributed by atoms with Crippen molar-refractivity contribution >= 4 is 29.0 Å². The number of halogens is 5. The highest BCUT2D eigenvalue weighted by Crippen LogP contribution is 2.39. The van der Waals surface area contributed by atoms with E-state index in [2.05, 4.69) is 15.4 Å². The second-order valence-electron chi connectivity index (χ2n) is 6.72. The Bertz CT molecular complexity index is 1320. The Balaban J connectivity index is 1.73. The lowest BCUT2D eigenvalue weighted by molar-refractivity contribution is 0.0107. The number of nitrogens with zero attached hydrogens (tertiary/aromatic N) is 3. The molecule has 0 spiro atoms. The highest BCUT2D eigenvalue weighted by molar-refractivity contribution is 6.36. The fraction of sp³-hybridized carbons (Fsp3) is 0.333. The molecule has 4 rings (SSSR count). The van der Waals surface area contributed by atoms with Crippen LogP contribution >= 0.6 is 23.2 Å². The molecule has 1 unspecified atom stereocenters. The molecule has 2 aromatic heterocycles. The SMILES string of the molecule is [2H]C1([2H])CNCC([2H])([2H])C1n1cc(-c2cnc(N)c(OC([2H])(c3c(Cl)ccc(F)c3Cl)C(F)F)c2)cn1. The van der Waals surface area contributed by atoms with Crippen LogP contribution in [0.15, 0.2) is 36.8 Å². The molecule has 32 heavy (non-hydrogen) atoms. The summed E-state index contributed by atoms with van der Waals surface area (Å²) in [6.45, 7) is -0.170. The third-order valence-electron chi connectivity index (χ3n) is 4.63. The van der Waals surface area contributed by atoms with Gasteiger partial charge in [0.15, 0.2) is 17.6 Å². The number of nitrogens with two attached hydrogens (primary N) is 1. The maximum atomic E-state index is 14.2. The van der Waals surface area contributed by atoms with E-state index in [4.69, 9.17) is 40.5 Å². The van der Waals surface area contributed by atoms with Crippen LogP contribution in [0.1, 0.15) is 37.3 Å². The highest BCUT2D eigenvalue weighted by Gasteiger charge is 2.31. The number of aromatic nitrogens is 3. The van der Waals surface area contributed by atoms with Gasteiger partial charge in [0.2, 0.25) is 0 Å². The van der Waals surface area contributed by atoms with Gasteiger partial charge in [-0.25, -0.2) is 18.2 Å². The molecule has 0 radical (unpaired) electrons. The Hall–Kier alpha value is -2.49. The first-order valence-corrected chi connectivity index (χ1v) is 10.0. The minimum atomic E-state index is -3.54. The van der Waals surface area contributed by atoms with Gasteiger partial charge in [-0.3, -0.25) is 4.68 Å². The Morgan fingerprint density at radius 1 is 1.25 bits per heavy atom. The molecule has 11 heteroatoms. The van der Waals surface area contributed by atoms with Crippen molar-refractivity contribution in [2.45, 2.75) is 31.3 Å². The third kappa shape index (κ3) is 4.65. The fourth-order valence-corrected chi connectivity index (χ4v) is 3.62. The Morgan fingerprint density at radius 3 is 2.72 bits per heavy atom. The topological polar surface area (TPSA) is 78.0 Å². The summed E-state index contributed by atoms with van der Waals surface area (Å²) in [4.78, 5) is 3.92. The summed E-state index contributed by atoms with van der Waals surface area (Å²) in [7, 11) is 0. The number of anilines is 1. The van der Waals surface area contributed by atoms with Gasteiger partial charge >= 0.3 is 0 Å². The van der Waals surface area contributed by atoms with E-state index in [9.17, 15) is 13.2 Å². The van der Waals surface area contributed by atoms with E-state index in [1.165, 1.54) is 24.7 Å². The monoisotopic (exact) mass is 490 g/mol. The van der Waals surface area contributed by atoms with Crippen LogP contribution in [0.3, 0.4) is 0 Å². The number of nitrogen functional groups attached to an aromatic ring is 1. The molecule has 1 saturated heterocycles. The smallest absolute Gasteiger partial charge is 0.279 e. The van der Waals surface area contributed by atoms with Crippen LogP contribution in [-0.4, -0.2) is 34.3 Å². The highest BCUT2D eigenvalue weighted by atomic mass is 35.5. The summed E-state index contributed by atoms with van der Waals surface area (Å²) in [5, 5.41) is 5.61. The van der Waals surface area contributed by atoms with E-state index in [0.29, 0.717) is 5.56 Å². The predicted octanol–water partition coefficient (Wildman–Crippen LogP) is 5.28. The zero-order valence-corrected chi connectivity index (χ0v) is 17.8. The Kier molecular flexibility index (Phi) is 5.09. The van der Waals surface area contributed by atoms with Crippen molar-refractivity contribution in [2.75, 3.05) is 18.8 Å². The van der Waals surface area contributed by atoms with E-state index in [1.807, 2.05) is 0 Å². The van der Waals surface area contributed by atoms with Crippen LogP contribution in [-0.2, 0) is 0 Å². The molecule has 1 atom stereocenters. The molecular weight excluding hydrogens is 466 g/mol. The van der Waals surface area contributed by atoms with Crippen molar-refractivity contribution in [3.05, 3.63) is 58.2 Å². The van der Waals surface area contributed by atoms with Crippen molar-refractivity contribution in [3.63, 3.8) is 0 Å². The maximum Gasteiger partial charge on any atom is 0.279 e. The van der Waals surface area contributed by atoms with E-state index < -0.39 is 58.5 Å². The number of pyridine rings is 1. The van der Waals surface area contributed by atoms with Gasteiger partial charge < -0.3 is 15.8 Å². The molecule has 1 aliphatic rings. The average molecular weight is 491 g/mol. The van der Waals surface area contributed by atoms with Gasteiger partial charge in [0, 0.05) is 39.6 Å². The zero-order valence-electron chi connectivity index (χ0n) is 21.3. The Morgan fingerprint density at radius 2 is 2.00 bits per heavy atom. The predicted molar refractivity (Wildman–Crippen MR) is 117 cm³/mol. The summed E-state index contributed by atoms with van der Waals surface area (Å²) in [5.41, 5.74) is 5.58. The average Bonchev–Trinajstić information content (AvgIpc) is 3.26. The minimum absolute atomic E-state index is 0.0851. The summed E-state index contributed by atoms with van der Waals surface area (Å²) < 4.78 is 90.1. The molecule has 0 bridgehead atoms. The lowest BCUT2D eigenvalue weighted by Gasteiger charge is -2.22. The molecule has 1 aliphatic heterocycles. The van der Waals surface area contributed by atoms with Crippen LogP contribution in [0.4, 0.5) is 19.0 Å². The van der Waals surface area contributed by atoms with Crippen molar-refractivity contribution in [1.29, 1.82) is 0 Å². The van der Waals surface area contributed by atoms with Gasteiger partial charge in [-0.1, -0.05) is 23.2 Å². The lowest BCUT2D eigenvalue weighted by atomic mass is 10.1. The molecule has 6 nitrogen and oxygen atoms in total. The van der Waals surface area contributed by atoms with E-state index >= 15 is 0 Å². The molecule has 0 aliphatic carbocycles. The van der Waals surface area contributed by atoms with Crippen LogP contribution in [0.5, 0.6) is 5.75 Å². The summed E-state index contributed by atoms with van der Waals surface area (Å²) >= 11 is 11.8. The van der Waals surface area contributed by atoms with Crippen LogP contribution in [0.2, 0.25) is 10.0 Å². The normalized spacial score (nSPS) is 22.2. The first-order chi connectivity index (χ1) is 17.2. The van der Waals surface area contributed by atoms with Gasteiger partial charge in [-0.15, -0.1) is 0 Å². The van der Waals surface area contributed by atoms with E-state index in [1.54, 1.807) is 0 Å². The summed E-state index contributed by atoms with van der Waals surface area (Å²) in [5.74, 6) is -1.89. The molecule has 1 fully saturated rings. The Labute approximate surface area is 199 Å². The molecule has 170 valence electrons. The lowest BCUT2D eigenvalue weighted by Crippen LogP contribution is -2.29. The quantitative estimate of drug-likeness (QED) is 0.459. The zero-order chi connectivity index (χ0) is 27.3. The van der Waals surface area contributed by atoms with Crippen molar-refractivity contribution < 1.29 is 24.8 Å². The number of piperidine rings is 1. The number of nitrogens with one attached hydrogen (secondary N) is 1. The van der Waals surface area contributed by atoms with Crippen LogP contribution < -0.4 is 15.8 Å². The van der Waals surface area contributed by atoms with Gasteiger partial charge in [0.25, 0.3) is 6.43 Å². The number of alkyl halides is 2. The van der Waals surface area contributed by atoms with Gasteiger partial charge in [0.05, 0.1) is 18.6 Å². The first-order valence-electron chi connectivity index (χ1n) is 11.8. The number of ether oxygens (including phenoxy) is 1. The van der Waals surface area contributed by atoms with Gasteiger partial charge in [0.1, 0.15) is 5.82 Å². The first kappa shape index (κ1) is 17.0. The van der Waals surface area contributed by atoms with Crippen molar-refractivity contribution in [1.82, 2.24) is 20.1 Å². The van der Waals surface area contributed by atoms with Crippen LogP contribution in [0, 0.1) is 5.82 Å². The van der Waals surface area contributed by atoms with Crippen molar-refractivity contribution in [2.24, 2.45) is 0 Å². The minimum Gasteiger partial charge on any atom is -0.476 e. The molecule has 1 aromatic carbocycles. The molecule has 3 N–H and O–H groups in total. The molecular formula is C21H20Cl2F3N5O. The molecule has 3 heterocycles. The third-order valence-corrected chi connectivity index (χ3v) is 5.31. The second kappa shape index (κ2) is 9.56. The van der Waals surface area contributed by atoms with E-state index in [-0.39, 0.29) is 24.5 Å². The van der Waals surface area contributed by atoms with E-state index in [0.717, 1.165) is 16.8 Å². The molecule has 0 amide bonds. The largest absolute Gasteiger partial charge is 0.476 e. The van der Waals surface area contributed by atoms with Gasteiger partial charge in [-0.2, -0.15) is 5.10 Å². The van der Waals surface area contributed by atoms with Gasteiger partial charge in [-0.05, 0) is 44.0 Å². The number of hydrogen-bond acceptors (Lipinski definition) is 5. The molecule has 3 aromatic rings. The van der Waals surface area contributed by atoms with Crippen LogP contribution in [0.25, 0.3) is 11.1 Å². The standard InChI is InChI=1S/C21H20Cl2F3N5O/c22-14-1-2-15(24)18(23)17(14)19(20(25)26)32-16-7-11(8-29-21(16)27)12-9-30-31(10-12)13-3-5-28-6-4-13/h1-2,7-10,13,19-20,28H,3-6H2,(H2,27,29)/i3D2,4D2,19D. The number of rotatable bonds is 6. The maximum absolute atomic E-state index is 14.2. The van der Waals surface area contributed by atoms with Crippen molar-refractivity contribution in [3.8, 4) is 16.9 Å². The number of hydrogen-bond donors (Lipinski definition) is 2. The summed E-state index contributed by atoms with van der Waals surface area (Å²) in [6, 6.07) is 1.77. The summed E-state index contributed by atoms with van der Waals surface area (Å²) in [6.07, 6.45) is -6.77. The molecule has 0 saturated carbocycles.